The lowest BCUT2D eigenvalue weighted by Crippen LogP contribution is -2.19. The minimum atomic E-state index is 0.00687. The quantitative estimate of drug-likeness (QED) is 0.657. The van der Waals surface area contributed by atoms with Gasteiger partial charge in [-0.3, -0.25) is 9.79 Å². The first-order chi connectivity index (χ1) is 14.0. The Bertz CT molecular complexity index is 945. The van der Waals surface area contributed by atoms with Crippen molar-refractivity contribution in [1.29, 1.82) is 0 Å². The average Bonchev–Trinajstić information content (AvgIpc) is 3.13. The van der Waals surface area contributed by atoms with Crippen LogP contribution in [0, 0.1) is 0 Å². The minimum absolute atomic E-state index is 0.00687. The summed E-state index contributed by atoms with van der Waals surface area (Å²) in [7, 11) is 1.65. The van der Waals surface area contributed by atoms with Crippen molar-refractivity contribution < 1.29 is 4.79 Å². The molecule has 1 amide bonds. The average molecular weight is 408 g/mol. The summed E-state index contributed by atoms with van der Waals surface area (Å²) >= 11 is 6.19. The van der Waals surface area contributed by atoms with Crippen LogP contribution in [0.1, 0.15) is 30.4 Å². The number of aliphatic imine (C=N–C) groups is 1. The van der Waals surface area contributed by atoms with Crippen LogP contribution < -0.4 is 10.6 Å². The van der Waals surface area contributed by atoms with Gasteiger partial charge in [-0.15, -0.1) is 0 Å². The molecule has 2 aromatic rings. The molecule has 4 nitrogen and oxygen atoms in total. The molecule has 0 radical (unpaired) electrons. The molecule has 1 aliphatic carbocycles. The molecule has 2 aromatic carbocycles. The highest BCUT2D eigenvalue weighted by Gasteiger charge is 2.14. The third kappa shape index (κ3) is 6.06. The van der Waals surface area contributed by atoms with E-state index in [1.807, 2.05) is 48.5 Å². The second-order valence-corrected chi connectivity index (χ2v) is 7.48. The fraction of sp³-hybridized carbons (Fsp3) is 0.250. The summed E-state index contributed by atoms with van der Waals surface area (Å²) in [5.74, 6) is 0.00687. The van der Waals surface area contributed by atoms with Crippen molar-refractivity contribution in [2.24, 2.45) is 4.99 Å². The first-order valence-electron chi connectivity index (χ1n) is 9.80. The second-order valence-electron chi connectivity index (χ2n) is 7.04. The van der Waals surface area contributed by atoms with E-state index in [1.165, 1.54) is 0 Å². The van der Waals surface area contributed by atoms with E-state index >= 15 is 0 Å². The predicted molar refractivity (Wildman–Crippen MR) is 123 cm³/mol. The van der Waals surface area contributed by atoms with Crippen molar-refractivity contribution in [3.05, 3.63) is 82.9 Å². The molecule has 150 valence electrons. The number of rotatable bonds is 7. The van der Waals surface area contributed by atoms with Crippen molar-refractivity contribution in [1.82, 2.24) is 5.32 Å². The number of anilines is 1. The summed E-state index contributed by atoms with van der Waals surface area (Å²) in [6.45, 7) is 4.76. The highest BCUT2D eigenvalue weighted by molar-refractivity contribution is 6.30. The number of benzene rings is 2. The molecule has 0 unspecified atom stereocenters. The summed E-state index contributed by atoms with van der Waals surface area (Å²) in [5.41, 5.74) is 6.07. The Kier molecular flexibility index (Phi) is 7.25. The van der Waals surface area contributed by atoms with Crippen molar-refractivity contribution in [3.8, 4) is 0 Å². The number of allylic oxidation sites excluding steroid dienone is 1. The van der Waals surface area contributed by atoms with Crippen molar-refractivity contribution in [2.45, 2.75) is 25.7 Å². The summed E-state index contributed by atoms with van der Waals surface area (Å²) in [6, 6.07) is 15.6. The topological polar surface area (TPSA) is 53.5 Å². The highest BCUT2D eigenvalue weighted by atomic mass is 35.5. The molecule has 0 spiro atoms. The number of likely N-dealkylation sites (N-methyl/N-ethyl adjacent to an activating group) is 1. The van der Waals surface area contributed by atoms with Gasteiger partial charge in [-0.25, -0.2) is 0 Å². The van der Waals surface area contributed by atoms with E-state index in [0.29, 0.717) is 18.0 Å². The van der Waals surface area contributed by atoms with Gasteiger partial charge >= 0.3 is 0 Å². The Morgan fingerprint density at radius 3 is 2.66 bits per heavy atom. The Morgan fingerprint density at radius 1 is 1.21 bits per heavy atom. The molecule has 0 heterocycles. The number of hydrogen-bond donors (Lipinski definition) is 2. The van der Waals surface area contributed by atoms with Gasteiger partial charge in [-0.1, -0.05) is 42.4 Å². The number of amides is 1. The molecule has 0 aliphatic heterocycles. The maximum Gasteiger partial charge on any atom is 0.224 e. The van der Waals surface area contributed by atoms with Gasteiger partial charge in [0.1, 0.15) is 0 Å². The van der Waals surface area contributed by atoms with Crippen LogP contribution in [-0.4, -0.2) is 25.2 Å². The van der Waals surface area contributed by atoms with Crippen LogP contribution in [0.4, 0.5) is 5.69 Å². The van der Waals surface area contributed by atoms with Crippen LogP contribution in [0.15, 0.2) is 71.8 Å². The molecule has 2 N–H and O–H groups in total. The molecule has 3 rings (SSSR count). The fourth-order valence-corrected chi connectivity index (χ4v) is 3.42. The number of halogens is 1. The van der Waals surface area contributed by atoms with E-state index in [-0.39, 0.29) is 5.91 Å². The third-order valence-corrected chi connectivity index (χ3v) is 5.11. The second kappa shape index (κ2) is 10.1. The minimum Gasteiger partial charge on any atom is -0.381 e. The van der Waals surface area contributed by atoms with Crippen molar-refractivity contribution in [2.75, 3.05) is 18.9 Å². The third-order valence-electron chi connectivity index (χ3n) is 4.88. The summed E-state index contributed by atoms with van der Waals surface area (Å²) in [6.07, 6.45) is 5.56. The van der Waals surface area contributed by atoms with E-state index in [2.05, 4.69) is 23.3 Å². The van der Waals surface area contributed by atoms with Crippen LogP contribution in [0.2, 0.25) is 5.02 Å². The maximum absolute atomic E-state index is 11.5. The Morgan fingerprint density at radius 2 is 2.00 bits per heavy atom. The van der Waals surface area contributed by atoms with E-state index in [0.717, 1.165) is 53.1 Å². The van der Waals surface area contributed by atoms with Gasteiger partial charge in [-0.2, -0.15) is 0 Å². The number of carbonyl (C=O) groups excluding carboxylic acids is 1. The molecule has 1 fully saturated rings. The van der Waals surface area contributed by atoms with Gasteiger partial charge in [0.05, 0.1) is 12.1 Å². The van der Waals surface area contributed by atoms with Gasteiger partial charge in [0, 0.05) is 35.6 Å². The lowest BCUT2D eigenvalue weighted by Gasteiger charge is -2.09. The largest absolute Gasteiger partial charge is 0.381 e. The van der Waals surface area contributed by atoms with Crippen molar-refractivity contribution >= 4 is 34.6 Å². The zero-order valence-corrected chi connectivity index (χ0v) is 17.4. The first kappa shape index (κ1) is 20.9. The highest BCUT2D eigenvalue weighted by Crippen LogP contribution is 2.26. The standard InChI is InChI=1S/C24H26ClN3O/c1-17-5-3-8-22(17)28-23(19-6-4-7-20(25)16-19)13-14-27-21-11-9-18(10-12-21)15-24(29)26-2/h4,6-7,9-13,16,27H,1,3,5,8,14-15H2,2H3,(H,26,29)/b23-13-,28-22?. The summed E-state index contributed by atoms with van der Waals surface area (Å²) < 4.78 is 0. The fourth-order valence-electron chi connectivity index (χ4n) is 3.23. The van der Waals surface area contributed by atoms with Crippen LogP contribution in [0.5, 0.6) is 0 Å². The molecule has 5 heteroatoms. The van der Waals surface area contributed by atoms with E-state index in [4.69, 9.17) is 16.6 Å². The normalized spacial score (nSPS) is 15.6. The Hall–Kier alpha value is -2.85. The summed E-state index contributed by atoms with van der Waals surface area (Å²) in [5, 5.41) is 6.72. The Labute approximate surface area is 177 Å². The first-order valence-corrected chi connectivity index (χ1v) is 10.2. The molecule has 0 aromatic heterocycles. The van der Waals surface area contributed by atoms with E-state index in [9.17, 15) is 4.79 Å². The summed E-state index contributed by atoms with van der Waals surface area (Å²) in [4.78, 5) is 16.4. The van der Waals surface area contributed by atoms with Gasteiger partial charge in [0.25, 0.3) is 0 Å². The monoisotopic (exact) mass is 407 g/mol. The van der Waals surface area contributed by atoms with Gasteiger partial charge in [-0.05, 0) is 60.7 Å². The molecule has 1 saturated carbocycles. The smallest absolute Gasteiger partial charge is 0.224 e. The molecule has 29 heavy (non-hydrogen) atoms. The van der Waals surface area contributed by atoms with Crippen LogP contribution in [-0.2, 0) is 11.2 Å². The number of nitrogens with zero attached hydrogens (tertiary/aromatic N) is 1. The Balaban J connectivity index is 1.73. The number of nitrogens with one attached hydrogen (secondary N) is 2. The zero-order chi connectivity index (χ0) is 20.6. The van der Waals surface area contributed by atoms with E-state index in [1.54, 1.807) is 7.05 Å². The van der Waals surface area contributed by atoms with Gasteiger partial charge in [0.2, 0.25) is 5.91 Å². The molecule has 1 aliphatic rings. The lowest BCUT2D eigenvalue weighted by molar-refractivity contribution is -0.119. The molecule has 0 bridgehead atoms. The zero-order valence-electron chi connectivity index (χ0n) is 16.7. The molecular weight excluding hydrogens is 382 g/mol. The SMILES string of the molecule is C=C1CCCC1=N/C(=C\CNc1ccc(CC(=O)NC)cc1)c1cccc(Cl)c1. The van der Waals surface area contributed by atoms with Gasteiger partial charge in [0.15, 0.2) is 0 Å². The van der Waals surface area contributed by atoms with Crippen LogP contribution in [0.3, 0.4) is 0 Å². The number of hydrogen-bond acceptors (Lipinski definition) is 3. The van der Waals surface area contributed by atoms with Crippen LogP contribution in [0.25, 0.3) is 5.70 Å². The maximum atomic E-state index is 11.5. The van der Waals surface area contributed by atoms with Crippen molar-refractivity contribution in [3.63, 3.8) is 0 Å². The molecular formula is C24H26ClN3O. The van der Waals surface area contributed by atoms with Gasteiger partial charge < -0.3 is 10.6 Å². The lowest BCUT2D eigenvalue weighted by atomic mass is 10.1. The van der Waals surface area contributed by atoms with E-state index < -0.39 is 0 Å². The number of carbonyl (C=O) groups is 1. The predicted octanol–water partition coefficient (Wildman–Crippen LogP) is 5.26. The molecule has 0 atom stereocenters. The molecule has 0 saturated heterocycles. The van der Waals surface area contributed by atoms with Crippen LogP contribution >= 0.6 is 11.6 Å².